The Balaban J connectivity index is 2.08. The molecule has 27 heavy (non-hydrogen) atoms. The Morgan fingerprint density at radius 3 is 1.59 bits per heavy atom. The quantitative estimate of drug-likeness (QED) is 0.610. The molecule has 0 bridgehead atoms. The van der Waals surface area contributed by atoms with Crippen molar-refractivity contribution < 1.29 is 14.3 Å². The molecule has 0 saturated carbocycles. The van der Waals surface area contributed by atoms with Gasteiger partial charge in [0.1, 0.15) is 17.3 Å². The minimum absolute atomic E-state index is 0.158. The third kappa shape index (κ3) is 3.93. The number of ketones is 1. The summed E-state index contributed by atoms with van der Waals surface area (Å²) in [5.74, 6) is 1.43. The topological polar surface area (TPSA) is 47.6 Å². The van der Waals surface area contributed by atoms with Gasteiger partial charge < -0.3 is 14.8 Å². The number of hydrogen-bond donors (Lipinski definition) is 1. The Kier molecular flexibility index (Phi) is 6.28. The number of ether oxygens (including phenoxy) is 2. The lowest BCUT2D eigenvalue weighted by molar-refractivity contribution is -0.130. The van der Waals surface area contributed by atoms with Gasteiger partial charge in [0.25, 0.3) is 0 Å². The number of rotatable bonds is 4. The lowest BCUT2D eigenvalue weighted by atomic mass is 9.76. The molecule has 2 aromatic rings. The van der Waals surface area contributed by atoms with Gasteiger partial charge in [-0.25, -0.2) is 0 Å². The van der Waals surface area contributed by atoms with E-state index in [2.05, 4.69) is 37.2 Å². The van der Waals surface area contributed by atoms with Gasteiger partial charge in [0.2, 0.25) is 0 Å². The van der Waals surface area contributed by atoms with E-state index in [1.807, 2.05) is 50.2 Å². The van der Waals surface area contributed by atoms with Crippen LogP contribution in [0.1, 0.15) is 37.1 Å². The van der Waals surface area contributed by atoms with Crippen LogP contribution >= 0.6 is 31.9 Å². The molecule has 0 aliphatic carbocycles. The molecule has 1 aliphatic heterocycles. The molecule has 144 valence electrons. The van der Waals surface area contributed by atoms with Crippen LogP contribution < -0.4 is 14.8 Å². The zero-order chi connectivity index (χ0) is 19.7. The van der Waals surface area contributed by atoms with Crippen molar-refractivity contribution in [2.45, 2.75) is 25.9 Å². The zero-order valence-electron chi connectivity index (χ0n) is 15.8. The zero-order valence-corrected chi connectivity index (χ0v) is 18.9. The van der Waals surface area contributed by atoms with E-state index in [-0.39, 0.29) is 29.7 Å². The van der Waals surface area contributed by atoms with Gasteiger partial charge in [-0.3, -0.25) is 4.79 Å². The SMILES string of the molecule is COc1ccc(Br)cc1C1NC(c2cc(Br)ccc2OC)C(C)C(=O)C1C. The summed E-state index contributed by atoms with van der Waals surface area (Å²) in [6, 6.07) is 11.4. The minimum atomic E-state index is -0.169. The van der Waals surface area contributed by atoms with Crippen molar-refractivity contribution in [3.63, 3.8) is 0 Å². The molecule has 1 heterocycles. The molecule has 1 aliphatic rings. The second kappa shape index (κ2) is 8.33. The van der Waals surface area contributed by atoms with Crippen LogP contribution in [0, 0.1) is 11.8 Å². The van der Waals surface area contributed by atoms with E-state index in [1.165, 1.54) is 0 Å². The fraction of sp³-hybridized carbons (Fsp3) is 0.381. The summed E-state index contributed by atoms with van der Waals surface area (Å²) >= 11 is 7.07. The van der Waals surface area contributed by atoms with Crippen molar-refractivity contribution in [3.8, 4) is 11.5 Å². The van der Waals surface area contributed by atoms with E-state index in [4.69, 9.17) is 9.47 Å². The summed E-state index contributed by atoms with van der Waals surface area (Å²) in [5, 5.41) is 3.70. The third-order valence-electron chi connectivity index (χ3n) is 5.31. The van der Waals surface area contributed by atoms with Crippen LogP contribution in [0.2, 0.25) is 0 Å². The maximum Gasteiger partial charge on any atom is 0.142 e. The lowest BCUT2D eigenvalue weighted by Gasteiger charge is -2.40. The average molecular weight is 497 g/mol. The number of halogens is 2. The highest BCUT2D eigenvalue weighted by Crippen LogP contribution is 2.43. The number of methoxy groups -OCH3 is 2. The molecular formula is C21H23Br2NO3. The maximum absolute atomic E-state index is 13.1. The fourth-order valence-electron chi connectivity index (χ4n) is 3.84. The van der Waals surface area contributed by atoms with Crippen LogP contribution in [0.25, 0.3) is 0 Å². The fourth-order valence-corrected chi connectivity index (χ4v) is 4.60. The molecule has 1 fully saturated rings. The first-order valence-electron chi connectivity index (χ1n) is 8.84. The Hall–Kier alpha value is -1.37. The van der Waals surface area contributed by atoms with Gasteiger partial charge in [-0.15, -0.1) is 0 Å². The highest BCUT2D eigenvalue weighted by molar-refractivity contribution is 9.10. The largest absolute Gasteiger partial charge is 0.496 e. The Morgan fingerprint density at radius 2 is 1.22 bits per heavy atom. The van der Waals surface area contributed by atoms with E-state index >= 15 is 0 Å². The molecule has 4 unspecified atom stereocenters. The number of carbonyl (C=O) groups excluding carboxylic acids is 1. The van der Waals surface area contributed by atoms with E-state index < -0.39 is 0 Å². The smallest absolute Gasteiger partial charge is 0.142 e. The highest BCUT2D eigenvalue weighted by atomic mass is 79.9. The number of hydrogen-bond acceptors (Lipinski definition) is 4. The number of nitrogens with one attached hydrogen (secondary N) is 1. The molecule has 1 N–H and O–H groups in total. The monoisotopic (exact) mass is 495 g/mol. The number of Topliss-reactive ketones (excluding diaryl/α,β-unsaturated/α-hetero) is 1. The molecule has 0 spiro atoms. The van der Waals surface area contributed by atoms with Gasteiger partial charge in [-0.1, -0.05) is 45.7 Å². The van der Waals surface area contributed by atoms with E-state index in [0.29, 0.717) is 0 Å². The molecule has 4 atom stereocenters. The molecule has 0 aromatic heterocycles. The average Bonchev–Trinajstić information content (AvgIpc) is 2.66. The van der Waals surface area contributed by atoms with Gasteiger partial charge >= 0.3 is 0 Å². The van der Waals surface area contributed by atoms with Crippen LogP contribution in [-0.4, -0.2) is 20.0 Å². The van der Waals surface area contributed by atoms with E-state index in [9.17, 15) is 4.79 Å². The molecule has 0 radical (unpaired) electrons. The summed E-state index contributed by atoms with van der Waals surface area (Å²) in [4.78, 5) is 13.1. The van der Waals surface area contributed by atoms with Crippen LogP contribution in [0.15, 0.2) is 45.3 Å². The van der Waals surface area contributed by atoms with E-state index in [0.717, 1.165) is 31.6 Å². The second-order valence-corrected chi connectivity index (χ2v) is 8.71. The van der Waals surface area contributed by atoms with Crippen molar-refractivity contribution in [1.29, 1.82) is 0 Å². The number of piperidine rings is 1. The summed E-state index contributed by atoms with van der Waals surface area (Å²) in [6.45, 7) is 3.95. The summed E-state index contributed by atoms with van der Waals surface area (Å²) in [6.07, 6.45) is 0. The molecule has 1 saturated heterocycles. The van der Waals surface area contributed by atoms with Crippen molar-refractivity contribution in [1.82, 2.24) is 5.32 Å². The van der Waals surface area contributed by atoms with Crippen LogP contribution in [-0.2, 0) is 4.79 Å². The van der Waals surface area contributed by atoms with Crippen molar-refractivity contribution >= 4 is 37.6 Å². The van der Waals surface area contributed by atoms with Gasteiger partial charge in [-0.2, -0.15) is 0 Å². The van der Waals surface area contributed by atoms with Crippen LogP contribution in [0.3, 0.4) is 0 Å². The Morgan fingerprint density at radius 1 is 0.815 bits per heavy atom. The number of carbonyl (C=O) groups is 1. The van der Waals surface area contributed by atoms with Crippen molar-refractivity contribution in [3.05, 3.63) is 56.5 Å². The van der Waals surface area contributed by atoms with Crippen LogP contribution in [0.4, 0.5) is 0 Å². The van der Waals surface area contributed by atoms with Crippen molar-refractivity contribution in [2.24, 2.45) is 11.8 Å². The molecule has 0 amide bonds. The molecular weight excluding hydrogens is 474 g/mol. The van der Waals surface area contributed by atoms with Gasteiger partial charge in [0, 0.05) is 44.0 Å². The van der Waals surface area contributed by atoms with E-state index in [1.54, 1.807) is 14.2 Å². The first-order valence-corrected chi connectivity index (χ1v) is 10.4. The minimum Gasteiger partial charge on any atom is -0.496 e. The molecule has 2 aromatic carbocycles. The summed E-state index contributed by atoms with van der Waals surface area (Å²) < 4.78 is 13.0. The Labute approximate surface area is 176 Å². The highest BCUT2D eigenvalue weighted by Gasteiger charge is 2.42. The predicted octanol–water partition coefficient (Wildman–Crippen LogP) is 5.46. The maximum atomic E-state index is 13.1. The van der Waals surface area contributed by atoms with Gasteiger partial charge in [0.15, 0.2) is 0 Å². The standard InChI is InChI=1S/C21H23Br2NO3/c1-11-19(15-9-13(22)5-7-17(15)26-3)24-20(12(2)21(11)25)16-10-14(23)6-8-18(16)27-4/h5-12,19-20,24H,1-4H3. The summed E-state index contributed by atoms with van der Waals surface area (Å²) in [5.41, 5.74) is 1.94. The normalized spacial score (nSPS) is 25.3. The lowest BCUT2D eigenvalue weighted by Crippen LogP contribution is -2.46. The van der Waals surface area contributed by atoms with Crippen molar-refractivity contribution in [2.75, 3.05) is 14.2 Å². The molecule has 6 heteroatoms. The first-order chi connectivity index (χ1) is 12.9. The number of benzene rings is 2. The summed E-state index contributed by atoms with van der Waals surface area (Å²) in [7, 11) is 3.30. The van der Waals surface area contributed by atoms with Gasteiger partial charge in [0.05, 0.1) is 14.2 Å². The molecule has 4 nitrogen and oxygen atoms in total. The molecule has 3 rings (SSSR count). The Bertz CT molecular complexity index is 788. The first kappa shape index (κ1) is 20.4. The predicted molar refractivity (Wildman–Crippen MR) is 113 cm³/mol. The second-order valence-electron chi connectivity index (χ2n) is 6.87. The van der Waals surface area contributed by atoms with Gasteiger partial charge in [-0.05, 0) is 36.4 Å². The third-order valence-corrected chi connectivity index (χ3v) is 6.30. The van der Waals surface area contributed by atoms with Crippen LogP contribution in [0.5, 0.6) is 11.5 Å².